The molecule has 3 heterocycles. The van der Waals surface area contributed by atoms with E-state index >= 15 is 0 Å². The highest BCUT2D eigenvalue weighted by molar-refractivity contribution is 5.75. The van der Waals surface area contributed by atoms with E-state index in [9.17, 15) is 9.18 Å². The van der Waals surface area contributed by atoms with Crippen LogP contribution in [0.3, 0.4) is 0 Å². The predicted molar refractivity (Wildman–Crippen MR) is 113 cm³/mol. The van der Waals surface area contributed by atoms with Crippen LogP contribution < -0.4 is 15.6 Å². The summed E-state index contributed by atoms with van der Waals surface area (Å²) in [6.07, 6.45) is 1.63. The number of benzene rings is 1. The maximum atomic E-state index is 13.0. The highest BCUT2D eigenvalue weighted by Crippen LogP contribution is 2.15. The maximum Gasteiger partial charge on any atom is 0.259 e. The standard InChI is InChI=1S/C23H21FN4O2/c1-2-25-14-18-7-8-21-20(26-18)9-10-22(27-21)28-12-11-19(13-23(28)29)30-15-16-3-5-17(24)6-4-16/h3-13,25H,2,14-15H2,1H3. The molecule has 0 spiro atoms. The van der Waals surface area contributed by atoms with Gasteiger partial charge in [0, 0.05) is 18.8 Å². The molecule has 0 fully saturated rings. The van der Waals surface area contributed by atoms with Crippen molar-refractivity contribution in [3.63, 3.8) is 0 Å². The minimum Gasteiger partial charge on any atom is -0.489 e. The molecule has 1 aromatic carbocycles. The van der Waals surface area contributed by atoms with Gasteiger partial charge < -0.3 is 10.1 Å². The Morgan fingerprint density at radius 3 is 2.53 bits per heavy atom. The Morgan fingerprint density at radius 2 is 1.77 bits per heavy atom. The molecule has 0 amide bonds. The third-order valence-corrected chi connectivity index (χ3v) is 4.60. The molecule has 0 aliphatic heterocycles. The second-order valence-corrected chi connectivity index (χ2v) is 6.78. The molecule has 0 radical (unpaired) electrons. The topological polar surface area (TPSA) is 69.0 Å². The van der Waals surface area contributed by atoms with Crippen molar-refractivity contribution in [2.45, 2.75) is 20.1 Å². The number of ether oxygens (including phenoxy) is 1. The number of hydrogen-bond donors (Lipinski definition) is 1. The fraction of sp³-hybridized carbons (Fsp3) is 0.174. The normalized spacial score (nSPS) is 11.0. The first-order valence-electron chi connectivity index (χ1n) is 9.70. The summed E-state index contributed by atoms with van der Waals surface area (Å²) in [7, 11) is 0. The molecule has 6 nitrogen and oxygen atoms in total. The number of nitrogens with zero attached hydrogens (tertiary/aromatic N) is 3. The highest BCUT2D eigenvalue weighted by atomic mass is 19.1. The van der Waals surface area contributed by atoms with Crippen LogP contribution in [0.5, 0.6) is 5.75 Å². The first-order valence-corrected chi connectivity index (χ1v) is 9.70. The van der Waals surface area contributed by atoms with E-state index < -0.39 is 0 Å². The van der Waals surface area contributed by atoms with Crippen LogP contribution in [0.2, 0.25) is 0 Å². The van der Waals surface area contributed by atoms with Gasteiger partial charge in [-0.2, -0.15) is 0 Å². The lowest BCUT2D eigenvalue weighted by atomic mass is 10.2. The van der Waals surface area contributed by atoms with E-state index in [4.69, 9.17) is 4.74 Å². The zero-order valence-electron chi connectivity index (χ0n) is 16.5. The van der Waals surface area contributed by atoms with E-state index in [2.05, 4.69) is 15.3 Å². The van der Waals surface area contributed by atoms with E-state index in [1.54, 1.807) is 30.5 Å². The molecular weight excluding hydrogens is 383 g/mol. The minimum atomic E-state index is -0.298. The summed E-state index contributed by atoms with van der Waals surface area (Å²) in [6.45, 7) is 3.88. The zero-order chi connectivity index (χ0) is 20.9. The van der Waals surface area contributed by atoms with Crippen LogP contribution >= 0.6 is 0 Å². The van der Waals surface area contributed by atoms with Gasteiger partial charge in [-0.3, -0.25) is 9.36 Å². The quantitative estimate of drug-likeness (QED) is 0.510. The van der Waals surface area contributed by atoms with Crippen molar-refractivity contribution in [1.29, 1.82) is 0 Å². The van der Waals surface area contributed by atoms with Crippen molar-refractivity contribution >= 4 is 11.0 Å². The van der Waals surface area contributed by atoms with Crippen LogP contribution in [-0.2, 0) is 13.2 Å². The summed E-state index contributed by atoms with van der Waals surface area (Å²) in [5, 5.41) is 3.25. The molecule has 30 heavy (non-hydrogen) atoms. The summed E-state index contributed by atoms with van der Waals surface area (Å²) >= 11 is 0. The van der Waals surface area contributed by atoms with Crippen LogP contribution in [-0.4, -0.2) is 21.1 Å². The van der Waals surface area contributed by atoms with Gasteiger partial charge in [0.2, 0.25) is 0 Å². The van der Waals surface area contributed by atoms with Crippen LogP contribution in [0.15, 0.2) is 71.7 Å². The van der Waals surface area contributed by atoms with E-state index in [0.717, 1.165) is 28.8 Å². The molecule has 0 bridgehead atoms. The van der Waals surface area contributed by atoms with Gasteiger partial charge in [-0.25, -0.2) is 14.4 Å². The fourth-order valence-electron chi connectivity index (χ4n) is 3.01. The van der Waals surface area contributed by atoms with E-state index in [0.29, 0.717) is 18.1 Å². The van der Waals surface area contributed by atoms with Crippen molar-refractivity contribution in [2.24, 2.45) is 0 Å². The largest absolute Gasteiger partial charge is 0.489 e. The Labute approximate surface area is 173 Å². The Bertz CT molecular complexity index is 1220. The summed E-state index contributed by atoms with van der Waals surface area (Å²) in [5.41, 5.74) is 3.00. The Morgan fingerprint density at radius 1 is 1.00 bits per heavy atom. The summed E-state index contributed by atoms with van der Waals surface area (Å²) in [5.74, 6) is 0.656. The van der Waals surface area contributed by atoms with Gasteiger partial charge in [0.25, 0.3) is 5.56 Å². The van der Waals surface area contributed by atoms with Crippen LogP contribution in [0.25, 0.3) is 16.9 Å². The van der Waals surface area contributed by atoms with Crippen LogP contribution in [0.1, 0.15) is 18.2 Å². The van der Waals surface area contributed by atoms with Gasteiger partial charge in [0.15, 0.2) is 0 Å². The number of halogens is 1. The third kappa shape index (κ3) is 4.52. The highest BCUT2D eigenvalue weighted by Gasteiger charge is 2.07. The van der Waals surface area contributed by atoms with Crippen molar-refractivity contribution in [3.8, 4) is 11.6 Å². The molecule has 0 aliphatic rings. The SMILES string of the molecule is CCNCc1ccc2nc(-n3ccc(OCc4ccc(F)cc4)cc3=O)ccc2n1. The Hall–Kier alpha value is -3.58. The van der Waals surface area contributed by atoms with Gasteiger partial charge >= 0.3 is 0 Å². The van der Waals surface area contributed by atoms with E-state index in [1.807, 2.05) is 25.1 Å². The third-order valence-electron chi connectivity index (χ3n) is 4.60. The maximum absolute atomic E-state index is 13.0. The average molecular weight is 404 g/mol. The van der Waals surface area contributed by atoms with Crippen molar-refractivity contribution in [1.82, 2.24) is 19.9 Å². The number of rotatable bonds is 7. The van der Waals surface area contributed by atoms with Gasteiger partial charge in [-0.05, 0) is 54.6 Å². The fourth-order valence-corrected chi connectivity index (χ4v) is 3.01. The van der Waals surface area contributed by atoms with Crippen molar-refractivity contribution in [3.05, 3.63) is 94.3 Å². The molecular formula is C23H21FN4O2. The average Bonchev–Trinajstić information content (AvgIpc) is 2.77. The molecule has 0 atom stereocenters. The number of nitrogens with one attached hydrogen (secondary N) is 1. The second-order valence-electron chi connectivity index (χ2n) is 6.78. The number of pyridine rings is 3. The summed E-state index contributed by atoms with van der Waals surface area (Å²) in [4.78, 5) is 21.7. The number of hydrogen-bond acceptors (Lipinski definition) is 5. The Kier molecular flexibility index (Phi) is 5.81. The summed E-state index contributed by atoms with van der Waals surface area (Å²) in [6, 6.07) is 16.6. The van der Waals surface area contributed by atoms with E-state index in [-0.39, 0.29) is 18.0 Å². The predicted octanol–water partition coefficient (Wildman–Crippen LogP) is 3.61. The van der Waals surface area contributed by atoms with Crippen LogP contribution in [0.4, 0.5) is 4.39 Å². The molecule has 0 unspecified atom stereocenters. The second kappa shape index (κ2) is 8.84. The molecule has 3 aromatic heterocycles. The monoisotopic (exact) mass is 404 g/mol. The molecule has 7 heteroatoms. The molecule has 0 saturated carbocycles. The molecule has 152 valence electrons. The van der Waals surface area contributed by atoms with Gasteiger partial charge in [0.05, 0.1) is 16.7 Å². The smallest absolute Gasteiger partial charge is 0.259 e. The molecule has 4 aromatic rings. The van der Waals surface area contributed by atoms with Gasteiger partial charge in [-0.15, -0.1) is 0 Å². The van der Waals surface area contributed by atoms with E-state index in [1.165, 1.54) is 22.8 Å². The van der Waals surface area contributed by atoms with Crippen molar-refractivity contribution in [2.75, 3.05) is 6.54 Å². The lowest BCUT2D eigenvalue weighted by molar-refractivity contribution is 0.305. The molecule has 0 aliphatic carbocycles. The first kappa shape index (κ1) is 19.7. The molecule has 0 saturated heterocycles. The van der Waals surface area contributed by atoms with Gasteiger partial charge in [0.1, 0.15) is 24.0 Å². The molecule has 4 rings (SSSR count). The summed E-state index contributed by atoms with van der Waals surface area (Å²) < 4.78 is 20.1. The Balaban J connectivity index is 1.52. The lowest BCUT2D eigenvalue weighted by Crippen LogP contribution is -2.18. The molecule has 1 N–H and O–H groups in total. The number of aromatic nitrogens is 3. The van der Waals surface area contributed by atoms with Crippen molar-refractivity contribution < 1.29 is 9.13 Å². The zero-order valence-corrected chi connectivity index (χ0v) is 16.5. The minimum absolute atomic E-state index is 0.249. The number of fused-ring (bicyclic) bond motifs is 1. The first-order chi connectivity index (χ1) is 14.6. The van der Waals surface area contributed by atoms with Gasteiger partial charge in [-0.1, -0.05) is 19.1 Å². The van der Waals surface area contributed by atoms with Crippen LogP contribution in [0, 0.1) is 5.82 Å². The lowest BCUT2D eigenvalue weighted by Gasteiger charge is -2.09.